The highest BCUT2D eigenvalue weighted by Gasteiger charge is 2.61. The van der Waals surface area contributed by atoms with Gasteiger partial charge in [-0.1, -0.05) is 24.6 Å². The van der Waals surface area contributed by atoms with Crippen LogP contribution in [0.15, 0.2) is 41.6 Å². The molecule has 2 atom stereocenters. The highest BCUT2D eigenvalue weighted by Crippen LogP contribution is 2.54. The zero-order chi connectivity index (χ0) is 21.6. The van der Waals surface area contributed by atoms with Gasteiger partial charge >= 0.3 is 6.18 Å². The predicted octanol–water partition coefficient (Wildman–Crippen LogP) is 5.07. The van der Waals surface area contributed by atoms with Crippen molar-refractivity contribution in [2.75, 3.05) is 7.11 Å². The van der Waals surface area contributed by atoms with E-state index in [1.165, 1.54) is 32.2 Å². The number of likely N-dealkylation sites (tertiary alicyclic amines) is 1. The number of hydrogen-bond donors (Lipinski definition) is 0. The Kier molecular flexibility index (Phi) is 5.51. The number of benzene rings is 1. The Morgan fingerprint density at radius 1 is 1.38 bits per heavy atom. The maximum Gasteiger partial charge on any atom is 0.416 e. The van der Waals surface area contributed by atoms with Gasteiger partial charge in [0.05, 0.1) is 12.7 Å². The van der Waals surface area contributed by atoms with Crippen LogP contribution in [-0.2, 0) is 15.3 Å². The van der Waals surface area contributed by atoms with Gasteiger partial charge in [-0.05, 0) is 37.1 Å². The van der Waals surface area contributed by atoms with Gasteiger partial charge in [-0.15, -0.1) is 0 Å². The second kappa shape index (κ2) is 7.48. The Morgan fingerprint density at radius 3 is 2.66 bits per heavy atom. The largest absolute Gasteiger partial charge is 0.496 e. The van der Waals surface area contributed by atoms with E-state index in [2.05, 4.69) is 0 Å². The Labute approximate surface area is 169 Å². The molecule has 156 valence electrons. The molecule has 1 fully saturated rings. The van der Waals surface area contributed by atoms with Gasteiger partial charge in [0.2, 0.25) is 11.6 Å². The van der Waals surface area contributed by atoms with E-state index >= 15 is 4.39 Å². The van der Waals surface area contributed by atoms with Crippen molar-refractivity contribution < 1.29 is 31.9 Å². The number of halogens is 5. The summed E-state index contributed by atoms with van der Waals surface area (Å²) in [4.78, 5) is 26.1. The van der Waals surface area contributed by atoms with Crippen LogP contribution in [0.1, 0.15) is 31.7 Å². The molecule has 1 saturated heterocycles. The Balaban J connectivity index is 2.26. The lowest BCUT2D eigenvalue weighted by atomic mass is 9.81. The van der Waals surface area contributed by atoms with Crippen molar-refractivity contribution >= 4 is 23.4 Å². The van der Waals surface area contributed by atoms with Crippen LogP contribution in [-0.4, -0.2) is 30.0 Å². The van der Waals surface area contributed by atoms with Crippen LogP contribution in [0, 0.1) is 5.92 Å². The van der Waals surface area contributed by atoms with Crippen LogP contribution in [0.2, 0.25) is 5.02 Å². The summed E-state index contributed by atoms with van der Waals surface area (Å²) in [5.41, 5.74) is -4.32. The van der Waals surface area contributed by atoms with Gasteiger partial charge in [0.1, 0.15) is 5.75 Å². The summed E-state index contributed by atoms with van der Waals surface area (Å²) in [5.74, 6) is -3.29. The molecule has 1 aromatic carbocycles. The van der Waals surface area contributed by atoms with Crippen molar-refractivity contribution in [3.63, 3.8) is 0 Å². The molecule has 9 heteroatoms. The molecular formula is C20H18ClF4NO3. The van der Waals surface area contributed by atoms with Crippen molar-refractivity contribution in [2.45, 2.75) is 38.0 Å². The highest BCUT2D eigenvalue weighted by atomic mass is 35.5. The smallest absolute Gasteiger partial charge is 0.416 e. The molecule has 0 N–H and O–H groups in total. The first kappa shape index (κ1) is 21.4. The van der Waals surface area contributed by atoms with Gasteiger partial charge < -0.3 is 4.74 Å². The zero-order valence-corrected chi connectivity index (χ0v) is 16.4. The molecule has 2 aliphatic rings. The van der Waals surface area contributed by atoms with Crippen LogP contribution in [0.5, 0.6) is 5.75 Å². The average molecular weight is 432 g/mol. The number of amides is 2. The molecule has 0 bridgehead atoms. The normalized spacial score (nSPS) is 24.6. The van der Waals surface area contributed by atoms with E-state index in [1.54, 1.807) is 0 Å². The maximum atomic E-state index is 16.5. The fourth-order valence-corrected chi connectivity index (χ4v) is 3.98. The summed E-state index contributed by atoms with van der Waals surface area (Å²) >= 11 is 5.99. The van der Waals surface area contributed by atoms with E-state index in [1.807, 2.05) is 0 Å². The number of imide groups is 1. The van der Waals surface area contributed by atoms with Crippen LogP contribution >= 0.6 is 11.6 Å². The lowest BCUT2D eigenvalue weighted by Gasteiger charge is -2.26. The number of methoxy groups -OCH3 is 1. The molecule has 0 radical (unpaired) electrons. The average Bonchev–Trinajstić information content (AvgIpc) is 2.82. The van der Waals surface area contributed by atoms with Crippen molar-refractivity contribution in [3.05, 3.63) is 52.2 Å². The van der Waals surface area contributed by atoms with Crippen molar-refractivity contribution in [1.82, 2.24) is 4.90 Å². The van der Waals surface area contributed by atoms with Crippen LogP contribution in [0.3, 0.4) is 0 Å². The van der Waals surface area contributed by atoms with Crippen molar-refractivity contribution in [3.8, 4) is 5.75 Å². The SMILES string of the molecule is CCC(=O)N1C(=O)C(F)(c2cc(Cl)ccc2OC)C2CCC=C(C(F)(F)F)C=C21. The third-order valence-corrected chi connectivity index (χ3v) is 5.40. The zero-order valence-electron chi connectivity index (χ0n) is 15.6. The van der Waals surface area contributed by atoms with E-state index in [0.29, 0.717) is 11.0 Å². The molecule has 0 spiro atoms. The Hall–Kier alpha value is -2.35. The summed E-state index contributed by atoms with van der Waals surface area (Å²) in [6.07, 6.45) is -3.45. The number of hydrogen-bond acceptors (Lipinski definition) is 3. The van der Waals surface area contributed by atoms with Crippen LogP contribution < -0.4 is 4.74 Å². The van der Waals surface area contributed by atoms with Crippen LogP contribution in [0.25, 0.3) is 0 Å². The molecule has 4 nitrogen and oxygen atoms in total. The number of carbonyl (C=O) groups excluding carboxylic acids is 2. The minimum absolute atomic E-state index is 0.0173. The van der Waals surface area contributed by atoms with Gasteiger partial charge in [0.15, 0.2) is 0 Å². The summed E-state index contributed by atoms with van der Waals surface area (Å²) in [6.45, 7) is 1.45. The van der Waals surface area contributed by atoms with Crippen LogP contribution in [0.4, 0.5) is 17.6 Å². The maximum absolute atomic E-state index is 16.5. The first-order chi connectivity index (χ1) is 13.6. The topological polar surface area (TPSA) is 46.6 Å². The van der Waals surface area contributed by atoms with E-state index in [0.717, 1.165) is 6.08 Å². The third kappa shape index (κ3) is 3.43. The number of allylic oxidation sites excluding steroid dienone is 4. The second-order valence-corrected chi connectivity index (χ2v) is 7.24. The first-order valence-electron chi connectivity index (χ1n) is 8.94. The number of carbonyl (C=O) groups is 2. The minimum atomic E-state index is -4.69. The van der Waals surface area contributed by atoms with E-state index in [-0.39, 0.29) is 41.3 Å². The number of rotatable bonds is 3. The molecule has 0 aromatic heterocycles. The van der Waals surface area contributed by atoms with Gasteiger partial charge in [0, 0.05) is 28.6 Å². The standard InChI is InChI=1S/C20H18ClF4NO3/c1-3-17(27)26-15-9-11(20(23,24)25)5-4-6-13(15)19(22,18(26)28)14-10-12(21)7-8-16(14)29-2/h5,7-10,13H,3-4,6H2,1-2H3. The van der Waals surface area contributed by atoms with Crippen molar-refractivity contribution in [2.24, 2.45) is 5.92 Å². The van der Waals surface area contributed by atoms with Gasteiger partial charge in [-0.2, -0.15) is 13.2 Å². The number of ether oxygens (including phenoxy) is 1. The first-order valence-corrected chi connectivity index (χ1v) is 9.32. The lowest BCUT2D eigenvalue weighted by molar-refractivity contribution is -0.147. The van der Waals surface area contributed by atoms with Crippen molar-refractivity contribution in [1.29, 1.82) is 0 Å². The minimum Gasteiger partial charge on any atom is -0.496 e. The molecule has 2 unspecified atom stereocenters. The molecular weight excluding hydrogens is 414 g/mol. The quantitative estimate of drug-likeness (QED) is 0.627. The molecule has 2 amide bonds. The monoisotopic (exact) mass is 431 g/mol. The number of fused-ring (bicyclic) bond motifs is 1. The van der Waals surface area contributed by atoms with E-state index in [4.69, 9.17) is 16.3 Å². The Bertz CT molecular complexity index is 925. The Morgan fingerprint density at radius 2 is 2.07 bits per heavy atom. The second-order valence-electron chi connectivity index (χ2n) is 6.80. The predicted molar refractivity (Wildman–Crippen MR) is 97.9 cm³/mol. The summed E-state index contributed by atoms with van der Waals surface area (Å²) in [5, 5.41) is 0.124. The molecule has 3 rings (SSSR count). The van der Waals surface area contributed by atoms with Gasteiger partial charge in [-0.3, -0.25) is 14.5 Å². The third-order valence-electron chi connectivity index (χ3n) is 5.17. The molecule has 1 aliphatic carbocycles. The van der Waals surface area contributed by atoms with Gasteiger partial charge in [-0.25, -0.2) is 4.39 Å². The fraction of sp³-hybridized carbons (Fsp3) is 0.400. The number of alkyl halides is 4. The fourth-order valence-electron chi connectivity index (χ4n) is 3.80. The molecule has 1 heterocycles. The highest BCUT2D eigenvalue weighted by molar-refractivity contribution is 6.30. The lowest BCUT2D eigenvalue weighted by Crippen LogP contribution is -2.39. The molecule has 0 saturated carbocycles. The molecule has 1 aromatic rings. The van der Waals surface area contributed by atoms with Gasteiger partial charge in [0.25, 0.3) is 5.91 Å². The van der Waals surface area contributed by atoms with E-state index in [9.17, 15) is 22.8 Å². The number of nitrogens with zero attached hydrogens (tertiary/aromatic N) is 1. The van der Waals surface area contributed by atoms with E-state index < -0.39 is 35.2 Å². The summed E-state index contributed by atoms with van der Waals surface area (Å²) in [7, 11) is 1.28. The molecule has 1 aliphatic heterocycles. The summed E-state index contributed by atoms with van der Waals surface area (Å²) < 4.78 is 61.7. The summed E-state index contributed by atoms with van der Waals surface area (Å²) in [6, 6.07) is 4.02. The molecule has 29 heavy (non-hydrogen) atoms.